The molecular weight excluding hydrogens is 304 g/mol. The fourth-order valence-electron chi connectivity index (χ4n) is 2.84. The molecule has 0 spiro atoms. The Morgan fingerprint density at radius 1 is 1.00 bits per heavy atom. The van der Waals surface area contributed by atoms with Gasteiger partial charge in [0.2, 0.25) is 6.79 Å². The van der Waals surface area contributed by atoms with E-state index >= 15 is 0 Å². The first-order chi connectivity index (χ1) is 11.6. The Labute approximate surface area is 143 Å². The Morgan fingerprint density at radius 3 is 2.29 bits per heavy atom. The minimum atomic E-state index is 0.173. The lowest BCUT2D eigenvalue weighted by Gasteiger charge is -2.18. The average molecular weight is 328 g/mol. The van der Waals surface area contributed by atoms with Crippen LogP contribution >= 0.6 is 0 Å². The van der Waals surface area contributed by atoms with Crippen molar-refractivity contribution in [1.82, 2.24) is 0 Å². The summed E-state index contributed by atoms with van der Waals surface area (Å²) in [4.78, 5) is 0. The Balaban J connectivity index is 1.89. The molecule has 0 aliphatic carbocycles. The van der Waals surface area contributed by atoms with E-state index in [0.29, 0.717) is 6.61 Å². The van der Waals surface area contributed by atoms with Gasteiger partial charge >= 0.3 is 0 Å². The fraction of sp³-hybridized carbons (Fsp3) is 0.400. The van der Waals surface area contributed by atoms with Gasteiger partial charge in [0, 0.05) is 17.5 Å². The third-order valence-electron chi connectivity index (χ3n) is 4.02. The molecule has 4 nitrogen and oxygen atoms in total. The summed E-state index contributed by atoms with van der Waals surface area (Å²) in [5, 5.41) is 0. The number of fused-ring (bicyclic) bond motifs is 1. The van der Waals surface area contributed by atoms with Gasteiger partial charge in [-0.15, -0.1) is 0 Å². The van der Waals surface area contributed by atoms with Gasteiger partial charge in [-0.2, -0.15) is 0 Å². The van der Waals surface area contributed by atoms with Crippen LogP contribution in [0.3, 0.4) is 0 Å². The highest BCUT2D eigenvalue weighted by Gasteiger charge is 2.22. The number of hydrogen-bond acceptors (Lipinski definition) is 4. The van der Waals surface area contributed by atoms with Crippen molar-refractivity contribution >= 4 is 0 Å². The van der Waals surface area contributed by atoms with Crippen LogP contribution in [0.4, 0.5) is 0 Å². The molecule has 2 aromatic carbocycles. The number of ether oxygens (including phenoxy) is 4. The second-order valence-electron chi connectivity index (χ2n) is 6.13. The van der Waals surface area contributed by atoms with Crippen LogP contribution in [0.15, 0.2) is 36.4 Å². The van der Waals surface area contributed by atoms with Gasteiger partial charge < -0.3 is 18.9 Å². The van der Waals surface area contributed by atoms with Crippen LogP contribution < -0.4 is 18.9 Å². The minimum Gasteiger partial charge on any atom is -0.493 e. The van der Waals surface area contributed by atoms with Crippen molar-refractivity contribution in [3.8, 4) is 23.0 Å². The average Bonchev–Trinajstić information content (AvgIpc) is 3.01. The molecule has 1 aliphatic rings. The van der Waals surface area contributed by atoms with E-state index in [1.54, 1.807) is 0 Å². The Morgan fingerprint density at radius 2 is 1.67 bits per heavy atom. The maximum atomic E-state index is 5.82. The van der Waals surface area contributed by atoms with Crippen molar-refractivity contribution in [1.29, 1.82) is 0 Å². The molecule has 3 rings (SSSR count). The highest BCUT2D eigenvalue weighted by atomic mass is 16.7. The van der Waals surface area contributed by atoms with E-state index < -0.39 is 0 Å². The zero-order valence-corrected chi connectivity index (χ0v) is 14.7. The highest BCUT2D eigenvalue weighted by molar-refractivity contribution is 5.54. The van der Waals surface area contributed by atoms with Crippen molar-refractivity contribution in [2.24, 2.45) is 0 Å². The molecule has 0 amide bonds. The monoisotopic (exact) mass is 328 g/mol. The maximum absolute atomic E-state index is 5.82. The predicted molar refractivity (Wildman–Crippen MR) is 93.5 cm³/mol. The van der Waals surface area contributed by atoms with Crippen molar-refractivity contribution in [2.75, 3.05) is 13.4 Å². The third-order valence-corrected chi connectivity index (χ3v) is 4.02. The van der Waals surface area contributed by atoms with Gasteiger partial charge in [-0.1, -0.05) is 19.1 Å². The topological polar surface area (TPSA) is 36.9 Å². The largest absolute Gasteiger partial charge is 0.493 e. The second kappa shape index (κ2) is 7.04. The summed E-state index contributed by atoms with van der Waals surface area (Å²) in [6.45, 7) is 9.07. The number of benzene rings is 2. The summed E-state index contributed by atoms with van der Waals surface area (Å²) in [5.74, 6) is 3.43. The summed E-state index contributed by atoms with van der Waals surface area (Å²) in [6.07, 6.45) is 0.173. The van der Waals surface area contributed by atoms with Crippen molar-refractivity contribution in [3.05, 3.63) is 47.5 Å². The van der Waals surface area contributed by atoms with Gasteiger partial charge in [-0.05, 0) is 44.5 Å². The van der Waals surface area contributed by atoms with Crippen LogP contribution in [0, 0.1) is 0 Å². The number of hydrogen-bond donors (Lipinski definition) is 0. The van der Waals surface area contributed by atoms with Crippen molar-refractivity contribution < 1.29 is 18.9 Å². The molecule has 0 N–H and O–H groups in total. The first-order valence-corrected chi connectivity index (χ1v) is 8.41. The smallest absolute Gasteiger partial charge is 0.231 e. The molecule has 0 aromatic heterocycles. The second-order valence-corrected chi connectivity index (χ2v) is 6.13. The summed E-state index contributed by atoms with van der Waals surface area (Å²) in [6, 6.07) is 12.2. The maximum Gasteiger partial charge on any atom is 0.231 e. The molecule has 2 aromatic rings. The van der Waals surface area contributed by atoms with E-state index in [-0.39, 0.29) is 18.8 Å². The summed E-state index contributed by atoms with van der Waals surface area (Å²) < 4.78 is 22.5. The zero-order valence-electron chi connectivity index (χ0n) is 14.7. The fourth-order valence-corrected chi connectivity index (χ4v) is 2.84. The summed E-state index contributed by atoms with van der Waals surface area (Å²) >= 11 is 0. The van der Waals surface area contributed by atoms with Gasteiger partial charge in [-0.25, -0.2) is 0 Å². The minimum absolute atomic E-state index is 0.173. The van der Waals surface area contributed by atoms with E-state index in [4.69, 9.17) is 18.9 Å². The lowest BCUT2D eigenvalue weighted by molar-refractivity contribution is 0.173. The molecular formula is C20H24O4. The van der Waals surface area contributed by atoms with Crippen LogP contribution in [0.2, 0.25) is 0 Å². The van der Waals surface area contributed by atoms with E-state index in [1.807, 2.05) is 45.0 Å². The molecule has 0 bridgehead atoms. The lowest BCUT2D eigenvalue weighted by Crippen LogP contribution is -2.06. The van der Waals surface area contributed by atoms with Gasteiger partial charge in [0.05, 0.1) is 12.7 Å². The SMILES string of the molecule is CCOc1cc2c(cc1[C@H](C)c1ccc(OC(C)C)cc1)OCO2. The van der Waals surface area contributed by atoms with E-state index in [1.165, 1.54) is 5.56 Å². The predicted octanol–water partition coefficient (Wildman–Crippen LogP) is 4.75. The Bertz CT molecular complexity index is 692. The van der Waals surface area contributed by atoms with E-state index in [9.17, 15) is 0 Å². The van der Waals surface area contributed by atoms with Crippen molar-refractivity contribution in [2.45, 2.75) is 39.7 Å². The van der Waals surface area contributed by atoms with E-state index in [0.717, 1.165) is 28.6 Å². The lowest BCUT2D eigenvalue weighted by atomic mass is 9.92. The van der Waals surface area contributed by atoms with Crippen LogP contribution in [0.5, 0.6) is 23.0 Å². The molecule has 24 heavy (non-hydrogen) atoms. The molecule has 1 aliphatic heterocycles. The third kappa shape index (κ3) is 3.42. The highest BCUT2D eigenvalue weighted by Crippen LogP contribution is 2.42. The molecule has 0 saturated carbocycles. The van der Waals surface area contributed by atoms with Gasteiger partial charge in [-0.3, -0.25) is 0 Å². The molecule has 1 atom stereocenters. The van der Waals surface area contributed by atoms with E-state index in [2.05, 4.69) is 19.1 Å². The standard InChI is InChI=1S/C20H24O4/c1-5-21-18-11-20-19(22-12-23-20)10-17(18)14(4)15-6-8-16(9-7-15)24-13(2)3/h6-11,13-14H,5,12H2,1-4H3/t14-/m1/s1. The first-order valence-electron chi connectivity index (χ1n) is 8.41. The zero-order chi connectivity index (χ0) is 17.1. The molecule has 0 fully saturated rings. The molecule has 0 unspecified atom stereocenters. The molecule has 4 heteroatoms. The van der Waals surface area contributed by atoms with Gasteiger partial charge in [0.15, 0.2) is 11.5 Å². The summed E-state index contributed by atoms with van der Waals surface area (Å²) in [7, 11) is 0. The number of rotatable bonds is 6. The Hall–Kier alpha value is -2.36. The van der Waals surface area contributed by atoms with Crippen molar-refractivity contribution in [3.63, 3.8) is 0 Å². The molecule has 0 saturated heterocycles. The molecule has 128 valence electrons. The molecule has 1 heterocycles. The van der Waals surface area contributed by atoms with Crippen LogP contribution in [-0.2, 0) is 0 Å². The van der Waals surface area contributed by atoms with Gasteiger partial charge in [0.25, 0.3) is 0 Å². The molecule has 0 radical (unpaired) electrons. The van der Waals surface area contributed by atoms with Crippen LogP contribution in [-0.4, -0.2) is 19.5 Å². The van der Waals surface area contributed by atoms with Crippen LogP contribution in [0.25, 0.3) is 0 Å². The normalized spacial score (nSPS) is 13.9. The van der Waals surface area contributed by atoms with Gasteiger partial charge in [0.1, 0.15) is 11.5 Å². The van der Waals surface area contributed by atoms with Crippen LogP contribution in [0.1, 0.15) is 44.7 Å². The Kier molecular flexibility index (Phi) is 4.84. The quantitative estimate of drug-likeness (QED) is 0.766. The summed E-state index contributed by atoms with van der Waals surface area (Å²) in [5.41, 5.74) is 2.30. The first kappa shape index (κ1) is 16.5.